The number of hydrogen-bond donors (Lipinski definition) is 3. The van der Waals surface area contributed by atoms with Crippen molar-refractivity contribution in [2.75, 3.05) is 0 Å². The Labute approximate surface area is 93.9 Å². The number of para-hydroxylation sites is 1. The van der Waals surface area contributed by atoms with Crippen LogP contribution in [0.5, 0.6) is 5.75 Å². The molecule has 0 spiro atoms. The van der Waals surface area contributed by atoms with E-state index in [9.17, 15) is 5.11 Å². The summed E-state index contributed by atoms with van der Waals surface area (Å²) in [6, 6.07) is 6.83. The number of hydrogen-bond acceptors (Lipinski definition) is 3. The zero-order chi connectivity index (χ0) is 10.6. The van der Waals surface area contributed by atoms with Gasteiger partial charge in [-0.25, -0.2) is 0 Å². The van der Waals surface area contributed by atoms with Crippen LogP contribution in [0.1, 0.15) is 12.5 Å². The summed E-state index contributed by atoms with van der Waals surface area (Å²) in [5.74, 6) is 0.0410. The second-order valence-corrected chi connectivity index (χ2v) is 2.73. The molecular weight excluding hydrogens is 216 g/mol. The highest BCUT2D eigenvalue weighted by Gasteiger charge is 2.02. The Morgan fingerprint density at radius 2 is 1.80 bits per heavy atom. The third kappa shape index (κ3) is 3.86. The predicted molar refractivity (Wildman–Crippen MR) is 63.4 cm³/mol. The van der Waals surface area contributed by atoms with Gasteiger partial charge in [0.15, 0.2) is 0 Å². The Balaban J connectivity index is 0.00000196. The minimum atomic E-state index is -0.111. The lowest BCUT2D eigenvalue weighted by Crippen LogP contribution is -2.22. The normalized spacial score (nSPS) is 10.3. The van der Waals surface area contributed by atoms with Crippen molar-refractivity contribution in [2.24, 2.45) is 21.7 Å². The molecule has 5 nitrogen and oxygen atoms in total. The quantitative estimate of drug-likeness (QED) is 0.397. The maximum Gasteiger partial charge on any atom is 0.211 e. The number of phenolic OH excluding ortho intramolecular Hbond substituents is 1. The topological polar surface area (TPSA) is 97.0 Å². The lowest BCUT2D eigenvalue weighted by molar-refractivity contribution is 0.474. The Hall–Kier alpha value is -1.75. The van der Waals surface area contributed by atoms with Crippen molar-refractivity contribution in [1.82, 2.24) is 0 Å². The van der Waals surface area contributed by atoms with E-state index in [1.807, 2.05) is 0 Å². The summed E-state index contributed by atoms with van der Waals surface area (Å²) in [5, 5.41) is 16.7. The fraction of sp³-hybridized carbons (Fsp3) is 0.111. The number of benzene rings is 1. The molecule has 5 N–H and O–H groups in total. The van der Waals surface area contributed by atoms with Gasteiger partial charge in [0.2, 0.25) is 5.96 Å². The summed E-state index contributed by atoms with van der Waals surface area (Å²) in [6.07, 6.45) is 0. The van der Waals surface area contributed by atoms with Gasteiger partial charge in [-0.05, 0) is 19.1 Å². The molecule has 1 aromatic carbocycles. The molecule has 82 valence electrons. The second-order valence-electron chi connectivity index (χ2n) is 2.73. The average Bonchev–Trinajstić information content (AvgIpc) is 2.15. The molecule has 6 heteroatoms. The molecule has 0 radical (unpaired) electrons. The highest BCUT2D eigenvalue weighted by Crippen LogP contribution is 2.16. The molecule has 1 rings (SSSR count). The van der Waals surface area contributed by atoms with Crippen LogP contribution in [0.4, 0.5) is 0 Å². The molecule has 0 fully saturated rings. The Kier molecular flexibility index (Phi) is 5.19. The number of rotatable bonds is 2. The van der Waals surface area contributed by atoms with Gasteiger partial charge in [-0.1, -0.05) is 12.1 Å². The maximum atomic E-state index is 9.45. The van der Waals surface area contributed by atoms with Crippen molar-refractivity contribution >= 4 is 24.1 Å². The van der Waals surface area contributed by atoms with Crippen LogP contribution in [0.2, 0.25) is 0 Å². The first kappa shape index (κ1) is 13.2. The van der Waals surface area contributed by atoms with Crippen LogP contribution in [0.15, 0.2) is 34.5 Å². The molecule has 1 aromatic rings. The van der Waals surface area contributed by atoms with Crippen LogP contribution >= 0.6 is 12.4 Å². The Morgan fingerprint density at radius 1 is 1.20 bits per heavy atom. The summed E-state index contributed by atoms with van der Waals surface area (Å²) >= 11 is 0. The predicted octanol–water partition coefficient (Wildman–Crippen LogP) is 0.811. The first-order valence-corrected chi connectivity index (χ1v) is 4.03. The van der Waals surface area contributed by atoms with Gasteiger partial charge in [-0.2, -0.15) is 5.10 Å². The summed E-state index contributed by atoms with van der Waals surface area (Å²) < 4.78 is 0. The van der Waals surface area contributed by atoms with E-state index in [1.165, 1.54) is 0 Å². The van der Waals surface area contributed by atoms with E-state index in [0.717, 1.165) is 0 Å². The van der Waals surface area contributed by atoms with Crippen LogP contribution in [0, 0.1) is 0 Å². The van der Waals surface area contributed by atoms with Gasteiger partial charge in [0.1, 0.15) is 5.75 Å². The number of aromatic hydroxyl groups is 1. The fourth-order valence-corrected chi connectivity index (χ4v) is 0.966. The Morgan fingerprint density at radius 3 is 2.33 bits per heavy atom. The number of nitrogens with zero attached hydrogens (tertiary/aromatic N) is 2. The Bertz CT molecular complexity index is 385. The van der Waals surface area contributed by atoms with Gasteiger partial charge in [0.25, 0.3) is 0 Å². The van der Waals surface area contributed by atoms with Gasteiger partial charge in [0.05, 0.1) is 5.71 Å². The molecule has 0 bridgehead atoms. The van der Waals surface area contributed by atoms with Crippen molar-refractivity contribution in [3.63, 3.8) is 0 Å². The lowest BCUT2D eigenvalue weighted by Gasteiger charge is -2.00. The van der Waals surface area contributed by atoms with Gasteiger partial charge >= 0.3 is 0 Å². The lowest BCUT2D eigenvalue weighted by atomic mass is 10.1. The number of guanidine groups is 1. The van der Waals surface area contributed by atoms with Crippen molar-refractivity contribution in [1.29, 1.82) is 0 Å². The molecule has 0 aromatic heterocycles. The van der Waals surface area contributed by atoms with E-state index in [4.69, 9.17) is 11.5 Å². The zero-order valence-corrected chi connectivity index (χ0v) is 9.03. The highest BCUT2D eigenvalue weighted by atomic mass is 35.5. The third-order valence-electron chi connectivity index (χ3n) is 1.61. The molecule has 0 saturated carbocycles. The molecule has 0 aliphatic rings. The minimum absolute atomic E-state index is 0. The standard InChI is InChI=1S/C9H12N4O.ClH/c1-6(12-13-9(10)11)7-4-2-3-5-8(7)14;/h2-5,14H,1H3,(H4,10,11,13);1H/b12-6+;. The number of halogens is 1. The van der Waals surface area contributed by atoms with E-state index in [-0.39, 0.29) is 24.1 Å². The van der Waals surface area contributed by atoms with Crippen molar-refractivity contribution in [3.8, 4) is 5.75 Å². The first-order valence-electron chi connectivity index (χ1n) is 4.03. The summed E-state index contributed by atoms with van der Waals surface area (Å²) in [6.45, 7) is 1.71. The van der Waals surface area contributed by atoms with Crippen LogP contribution in [-0.4, -0.2) is 16.8 Å². The van der Waals surface area contributed by atoms with E-state index in [0.29, 0.717) is 11.3 Å². The molecule has 15 heavy (non-hydrogen) atoms. The van der Waals surface area contributed by atoms with E-state index < -0.39 is 0 Å². The SMILES string of the molecule is C/C(=N\N=C(N)N)c1ccccc1O.Cl. The van der Waals surface area contributed by atoms with Crippen molar-refractivity contribution in [2.45, 2.75) is 6.92 Å². The van der Waals surface area contributed by atoms with Crippen molar-refractivity contribution in [3.05, 3.63) is 29.8 Å². The molecular formula is C9H13ClN4O. The highest BCUT2D eigenvalue weighted by molar-refractivity contribution is 6.01. The first-order chi connectivity index (χ1) is 6.61. The molecule has 0 heterocycles. The molecule has 0 amide bonds. The summed E-state index contributed by atoms with van der Waals surface area (Å²) in [7, 11) is 0. The maximum absolute atomic E-state index is 9.45. The molecule has 0 saturated heterocycles. The van der Waals surface area contributed by atoms with E-state index in [2.05, 4.69) is 10.2 Å². The van der Waals surface area contributed by atoms with Crippen molar-refractivity contribution < 1.29 is 5.11 Å². The largest absolute Gasteiger partial charge is 0.507 e. The monoisotopic (exact) mass is 228 g/mol. The van der Waals surface area contributed by atoms with Crippen LogP contribution in [0.3, 0.4) is 0 Å². The van der Waals surface area contributed by atoms with E-state index in [1.54, 1.807) is 31.2 Å². The van der Waals surface area contributed by atoms with Gasteiger partial charge < -0.3 is 16.6 Å². The number of nitrogens with two attached hydrogens (primary N) is 2. The summed E-state index contributed by atoms with van der Waals surface area (Å²) in [4.78, 5) is 0. The van der Waals surface area contributed by atoms with Crippen LogP contribution in [0.25, 0.3) is 0 Å². The third-order valence-corrected chi connectivity index (χ3v) is 1.61. The molecule has 0 unspecified atom stereocenters. The second kappa shape index (κ2) is 5.87. The van der Waals surface area contributed by atoms with Gasteiger partial charge in [-0.3, -0.25) is 0 Å². The smallest absolute Gasteiger partial charge is 0.211 e. The zero-order valence-electron chi connectivity index (χ0n) is 8.21. The average molecular weight is 229 g/mol. The van der Waals surface area contributed by atoms with Gasteiger partial charge in [0, 0.05) is 5.56 Å². The molecule has 0 atom stereocenters. The molecule has 0 aliphatic heterocycles. The van der Waals surface area contributed by atoms with Crippen LogP contribution in [-0.2, 0) is 0 Å². The minimum Gasteiger partial charge on any atom is -0.507 e. The van der Waals surface area contributed by atoms with Gasteiger partial charge in [-0.15, -0.1) is 17.5 Å². The van der Waals surface area contributed by atoms with Crippen LogP contribution < -0.4 is 11.5 Å². The van der Waals surface area contributed by atoms with E-state index >= 15 is 0 Å². The molecule has 0 aliphatic carbocycles. The summed E-state index contributed by atoms with van der Waals surface area (Å²) in [5.41, 5.74) is 11.4. The fourth-order valence-electron chi connectivity index (χ4n) is 0.966. The number of phenols is 1.